The van der Waals surface area contributed by atoms with Crippen molar-refractivity contribution in [3.8, 4) is 11.8 Å². The number of hydrogen-bond acceptors (Lipinski definition) is 5. The lowest BCUT2D eigenvalue weighted by molar-refractivity contribution is 0.0690. The first kappa shape index (κ1) is 14.0. The third-order valence-corrected chi connectivity index (χ3v) is 2.89. The van der Waals surface area contributed by atoms with Gasteiger partial charge >= 0.3 is 5.97 Å². The highest BCUT2D eigenvalue weighted by Gasteiger charge is 2.08. The van der Waals surface area contributed by atoms with Gasteiger partial charge in [-0.2, -0.15) is 5.26 Å². The molecule has 1 heterocycles. The van der Waals surface area contributed by atoms with Crippen molar-refractivity contribution in [2.45, 2.75) is 6.54 Å². The molecule has 0 unspecified atom stereocenters. The smallest absolute Gasteiger partial charge is 0.358 e. The monoisotopic (exact) mass is 336 g/mol. The van der Waals surface area contributed by atoms with E-state index in [1.165, 1.54) is 10.9 Å². The predicted octanol–water partition coefficient (Wildman–Crippen LogP) is 1.69. The highest BCUT2D eigenvalue weighted by molar-refractivity contribution is 9.10. The summed E-state index contributed by atoms with van der Waals surface area (Å²) in [6.07, 6.45) is 1.32. The van der Waals surface area contributed by atoms with Crippen LogP contribution in [0.25, 0.3) is 0 Å². The molecule has 0 aliphatic heterocycles. The second-order valence-electron chi connectivity index (χ2n) is 3.77. The first-order chi connectivity index (χ1) is 9.60. The van der Waals surface area contributed by atoms with E-state index in [2.05, 4.69) is 26.2 Å². The molecule has 1 aromatic carbocycles. The van der Waals surface area contributed by atoms with Crippen molar-refractivity contribution in [1.82, 2.24) is 15.0 Å². The number of benzene rings is 1. The Bertz CT molecular complexity index is 678. The van der Waals surface area contributed by atoms with E-state index in [0.29, 0.717) is 17.9 Å². The number of halogens is 1. The zero-order valence-corrected chi connectivity index (χ0v) is 11.7. The molecule has 1 aromatic heterocycles. The molecule has 2 aromatic rings. The fourth-order valence-electron chi connectivity index (χ4n) is 1.47. The molecule has 0 amide bonds. The van der Waals surface area contributed by atoms with Gasteiger partial charge in [0.25, 0.3) is 0 Å². The van der Waals surface area contributed by atoms with E-state index >= 15 is 0 Å². The molecule has 0 saturated carbocycles. The molecule has 102 valence electrons. The van der Waals surface area contributed by atoms with Crippen LogP contribution in [0.2, 0.25) is 0 Å². The lowest BCUT2D eigenvalue weighted by Gasteiger charge is -2.07. The van der Waals surface area contributed by atoms with Crippen LogP contribution in [0.4, 0.5) is 0 Å². The first-order valence-corrected chi connectivity index (χ1v) is 6.35. The van der Waals surface area contributed by atoms with Crippen LogP contribution in [0, 0.1) is 11.3 Å². The first-order valence-electron chi connectivity index (χ1n) is 5.56. The number of hydrogen-bond donors (Lipinski definition) is 1. The van der Waals surface area contributed by atoms with Gasteiger partial charge in [0, 0.05) is 4.47 Å². The summed E-state index contributed by atoms with van der Waals surface area (Å²) in [6.45, 7) is 0.583. The highest BCUT2D eigenvalue weighted by atomic mass is 79.9. The molecule has 8 heteroatoms. The summed E-state index contributed by atoms with van der Waals surface area (Å²) < 4.78 is 7.64. The van der Waals surface area contributed by atoms with Gasteiger partial charge in [0.15, 0.2) is 5.69 Å². The van der Waals surface area contributed by atoms with Crippen LogP contribution in [0.1, 0.15) is 16.1 Å². The van der Waals surface area contributed by atoms with E-state index in [-0.39, 0.29) is 12.3 Å². The summed E-state index contributed by atoms with van der Waals surface area (Å²) in [6, 6.07) is 7.16. The Morgan fingerprint density at radius 1 is 1.55 bits per heavy atom. The molecule has 0 spiro atoms. The number of aromatic carboxylic acids is 1. The van der Waals surface area contributed by atoms with E-state index < -0.39 is 5.97 Å². The zero-order valence-electron chi connectivity index (χ0n) is 10.2. The summed E-state index contributed by atoms with van der Waals surface area (Å²) in [5.41, 5.74) is 0.301. The van der Waals surface area contributed by atoms with Crippen LogP contribution in [0.3, 0.4) is 0 Å². The van der Waals surface area contributed by atoms with Gasteiger partial charge in [0.1, 0.15) is 18.4 Å². The summed E-state index contributed by atoms with van der Waals surface area (Å²) in [4.78, 5) is 10.6. The largest absolute Gasteiger partial charge is 0.490 e. The Morgan fingerprint density at radius 3 is 3.00 bits per heavy atom. The van der Waals surface area contributed by atoms with Gasteiger partial charge in [-0.05, 0) is 18.2 Å². The summed E-state index contributed by atoms with van der Waals surface area (Å²) in [5.74, 6) is -0.661. The maximum Gasteiger partial charge on any atom is 0.358 e. The average molecular weight is 337 g/mol. The quantitative estimate of drug-likeness (QED) is 0.891. The second-order valence-corrected chi connectivity index (χ2v) is 4.69. The van der Waals surface area contributed by atoms with Crippen molar-refractivity contribution in [3.05, 3.63) is 40.1 Å². The van der Waals surface area contributed by atoms with Gasteiger partial charge in [-0.3, -0.25) is 0 Å². The Balaban J connectivity index is 1.96. The van der Waals surface area contributed by atoms with Gasteiger partial charge < -0.3 is 9.84 Å². The van der Waals surface area contributed by atoms with Crippen molar-refractivity contribution >= 4 is 21.9 Å². The summed E-state index contributed by atoms with van der Waals surface area (Å²) in [7, 11) is 0. The van der Waals surface area contributed by atoms with Gasteiger partial charge in [0.2, 0.25) is 0 Å². The maximum absolute atomic E-state index is 10.6. The minimum atomic E-state index is -1.13. The van der Waals surface area contributed by atoms with Crippen LogP contribution in [-0.2, 0) is 6.54 Å². The van der Waals surface area contributed by atoms with E-state index in [4.69, 9.17) is 15.1 Å². The van der Waals surface area contributed by atoms with E-state index in [1.54, 1.807) is 18.2 Å². The third kappa shape index (κ3) is 3.33. The van der Waals surface area contributed by atoms with E-state index in [0.717, 1.165) is 4.47 Å². The second kappa shape index (κ2) is 6.16. The summed E-state index contributed by atoms with van der Waals surface area (Å²) >= 11 is 3.27. The Kier molecular flexibility index (Phi) is 4.32. The topological polar surface area (TPSA) is 101 Å². The van der Waals surface area contributed by atoms with Crippen molar-refractivity contribution in [1.29, 1.82) is 5.26 Å². The molecule has 0 aliphatic rings. The number of nitriles is 1. The third-order valence-electron chi connectivity index (χ3n) is 2.40. The van der Waals surface area contributed by atoms with Crippen LogP contribution >= 0.6 is 15.9 Å². The standard InChI is InChI=1S/C12H9BrN4O3/c13-9-1-2-11(8(5-9)6-14)20-4-3-17-7-10(12(18)19)15-16-17/h1-2,5,7H,3-4H2,(H,18,19). The molecular weight excluding hydrogens is 328 g/mol. The lowest BCUT2D eigenvalue weighted by Crippen LogP contribution is -2.09. The molecule has 0 saturated heterocycles. The number of carboxylic acid groups (broad SMARTS) is 1. The fraction of sp³-hybridized carbons (Fsp3) is 0.167. The number of carboxylic acids is 1. The summed E-state index contributed by atoms with van der Waals surface area (Å²) in [5, 5.41) is 24.8. The van der Waals surface area contributed by atoms with Crippen LogP contribution < -0.4 is 4.74 Å². The SMILES string of the molecule is N#Cc1cc(Br)ccc1OCCn1cc(C(=O)O)nn1. The Morgan fingerprint density at radius 2 is 2.35 bits per heavy atom. The number of nitrogens with zero attached hydrogens (tertiary/aromatic N) is 4. The van der Waals surface area contributed by atoms with E-state index in [1.807, 2.05) is 6.07 Å². The Labute approximate surface area is 122 Å². The van der Waals surface area contributed by atoms with Crippen LogP contribution in [0.15, 0.2) is 28.9 Å². The van der Waals surface area contributed by atoms with Crippen molar-refractivity contribution in [2.75, 3.05) is 6.61 Å². The number of aromatic nitrogens is 3. The van der Waals surface area contributed by atoms with E-state index in [9.17, 15) is 4.79 Å². The van der Waals surface area contributed by atoms with Gasteiger partial charge in [-0.1, -0.05) is 21.1 Å². The molecule has 0 aliphatic carbocycles. The van der Waals surface area contributed by atoms with Gasteiger partial charge in [-0.15, -0.1) is 5.10 Å². The maximum atomic E-state index is 10.6. The lowest BCUT2D eigenvalue weighted by atomic mass is 10.2. The molecule has 7 nitrogen and oxygen atoms in total. The average Bonchev–Trinajstić information content (AvgIpc) is 2.89. The molecule has 0 atom stereocenters. The fourth-order valence-corrected chi connectivity index (χ4v) is 1.83. The molecule has 20 heavy (non-hydrogen) atoms. The molecular formula is C12H9BrN4O3. The van der Waals surface area contributed by atoms with Crippen molar-refractivity contribution in [2.24, 2.45) is 0 Å². The molecule has 0 radical (unpaired) electrons. The number of ether oxygens (including phenoxy) is 1. The predicted molar refractivity (Wildman–Crippen MR) is 71.3 cm³/mol. The minimum Gasteiger partial charge on any atom is -0.490 e. The van der Waals surface area contributed by atoms with Gasteiger partial charge in [0.05, 0.1) is 18.3 Å². The molecule has 0 fully saturated rings. The molecule has 0 bridgehead atoms. The number of rotatable bonds is 5. The van der Waals surface area contributed by atoms with Gasteiger partial charge in [-0.25, -0.2) is 9.48 Å². The Hall–Kier alpha value is -2.40. The van der Waals surface area contributed by atoms with Crippen molar-refractivity contribution in [3.63, 3.8) is 0 Å². The van der Waals surface area contributed by atoms with Crippen molar-refractivity contribution < 1.29 is 14.6 Å². The molecule has 2 rings (SSSR count). The van der Waals surface area contributed by atoms with Crippen LogP contribution in [0.5, 0.6) is 5.75 Å². The molecule has 1 N–H and O–H groups in total. The normalized spacial score (nSPS) is 10.0. The minimum absolute atomic E-state index is 0.119. The number of carbonyl (C=O) groups is 1. The highest BCUT2D eigenvalue weighted by Crippen LogP contribution is 2.22. The van der Waals surface area contributed by atoms with Crippen LogP contribution in [-0.4, -0.2) is 32.7 Å². The zero-order chi connectivity index (χ0) is 14.5.